The Labute approximate surface area is 172 Å². The monoisotopic (exact) mass is 443 g/mol. The molecule has 0 bridgehead atoms. The number of carbonyl (C=O) groups is 2. The summed E-state index contributed by atoms with van der Waals surface area (Å²) in [5.41, 5.74) is 2.84. The maximum atomic E-state index is 12.5. The number of nitrogens with zero attached hydrogens (tertiary/aromatic N) is 1. The zero-order valence-electron chi connectivity index (χ0n) is 15.6. The van der Waals surface area contributed by atoms with E-state index in [2.05, 4.69) is 31.5 Å². The highest BCUT2D eigenvalue weighted by molar-refractivity contribution is 9.10. The SMILES string of the molecule is COc1ccc(Br)cc1CCC(=O)NC1CC2C(=O)Nc3ccccc3N2C1. The molecule has 6 nitrogen and oxygen atoms in total. The van der Waals surface area contributed by atoms with Crippen LogP contribution in [0.25, 0.3) is 0 Å². The summed E-state index contributed by atoms with van der Waals surface area (Å²) in [6.45, 7) is 0.640. The molecule has 0 spiro atoms. The molecule has 2 aliphatic heterocycles. The Morgan fingerprint density at radius 3 is 2.96 bits per heavy atom. The van der Waals surface area contributed by atoms with Crippen molar-refractivity contribution in [3.8, 4) is 5.75 Å². The van der Waals surface area contributed by atoms with Gasteiger partial charge in [-0.15, -0.1) is 0 Å². The van der Waals surface area contributed by atoms with Gasteiger partial charge >= 0.3 is 0 Å². The summed E-state index contributed by atoms with van der Waals surface area (Å²) >= 11 is 3.46. The first-order valence-electron chi connectivity index (χ1n) is 9.33. The normalized spacial score (nSPS) is 20.2. The second kappa shape index (κ2) is 7.83. The van der Waals surface area contributed by atoms with Crippen molar-refractivity contribution < 1.29 is 14.3 Å². The Morgan fingerprint density at radius 1 is 1.32 bits per heavy atom. The summed E-state index contributed by atoms with van der Waals surface area (Å²) in [6.07, 6.45) is 1.58. The highest BCUT2D eigenvalue weighted by Gasteiger charge is 2.41. The maximum absolute atomic E-state index is 12.5. The minimum absolute atomic E-state index is 0.00526. The molecular weight excluding hydrogens is 422 g/mol. The van der Waals surface area contributed by atoms with Crippen LogP contribution in [0.5, 0.6) is 5.75 Å². The molecule has 7 heteroatoms. The minimum atomic E-state index is -0.231. The lowest BCUT2D eigenvalue weighted by atomic mass is 10.1. The number of fused-ring (bicyclic) bond motifs is 3. The fraction of sp³-hybridized carbons (Fsp3) is 0.333. The molecule has 28 heavy (non-hydrogen) atoms. The van der Waals surface area contributed by atoms with Crippen LogP contribution in [0.15, 0.2) is 46.9 Å². The van der Waals surface area contributed by atoms with Crippen molar-refractivity contribution in [3.05, 3.63) is 52.5 Å². The number of hydrogen-bond donors (Lipinski definition) is 2. The van der Waals surface area contributed by atoms with Gasteiger partial charge in [-0.1, -0.05) is 28.1 Å². The van der Waals surface area contributed by atoms with E-state index < -0.39 is 0 Å². The lowest BCUT2D eigenvalue weighted by molar-refractivity contribution is -0.122. The van der Waals surface area contributed by atoms with Gasteiger partial charge in [-0.3, -0.25) is 9.59 Å². The van der Waals surface area contributed by atoms with Gasteiger partial charge in [-0.05, 0) is 48.7 Å². The topological polar surface area (TPSA) is 70.7 Å². The van der Waals surface area contributed by atoms with Gasteiger partial charge in [0.15, 0.2) is 0 Å². The molecule has 2 aromatic carbocycles. The fourth-order valence-corrected chi connectivity index (χ4v) is 4.40. The number of amides is 2. The van der Waals surface area contributed by atoms with Gasteiger partial charge < -0.3 is 20.3 Å². The largest absolute Gasteiger partial charge is 0.496 e. The molecule has 2 amide bonds. The van der Waals surface area contributed by atoms with Crippen molar-refractivity contribution in [2.24, 2.45) is 0 Å². The maximum Gasteiger partial charge on any atom is 0.247 e. The minimum Gasteiger partial charge on any atom is -0.496 e. The molecule has 2 heterocycles. The number of para-hydroxylation sites is 2. The van der Waals surface area contributed by atoms with E-state index in [1.807, 2.05) is 42.5 Å². The van der Waals surface area contributed by atoms with Crippen LogP contribution in [0.2, 0.25) is 0 Å². The third kappa shape index (κ3) is 3.71. The molecule has 0 aromatic heterocycles. The van der Waals surface area contributed by atoms with Crippen LogP contribution in [0.4, 0.5) is 11.4 Å². The quantitative estimate of drug-likeness (QED) is 0.744. The Bertz CT molecular complexity index is 918. The van der Waals surface area contributed by atoms with Gasteiger partial charge in [-0.25, -0.2) is 0 Å². The molecule has 1 saturated heterocycles. The molecule has 0 saturated carbocycles. The lowest BCUT2D eigenvalue weighted by Gasteiger charge is -2.32. The highest BCUT2D eigenvalue weighted by atomic mass is 79.9. The van der Waals surface area contributed by atoms with Crippen LogP contribution >= 0.6 is 15.9 Å². The van der Waals surface area contributed by atoms with Gasteiger partial charge in [0.2, 0.25) is 11.8 Å². The van der Waals surface area contributed by atoms with E-state index in [0.29, 0.717) is 25.8 Å². The van der Waals surface area contributed by atoms with Crippen LogP contribution in [0.3, 0.4) is 0 Å². The Balaban J connectivity index is 1.38. The van der Waals surface area contributed by atoms with Gasteiger partial charge in [0.25, 0.3) is 0 Å². The number of ether oxygens (including phenoxy) is 1. The van der Waals surface area contributed by atoms with Crippen LogP contribution < -0.4 is 20.3 Å². The predicted octanol–water partition coefficient (Wildman–Crippen LogP) is 3.11. The third-order valence-corrected chi connectivity index (χ3v) is 5.80. The van der Waals surface area contributed by atoms with Crippen molar-refractivity contribution in [1.82, 2.24) is 5.32 Å². The number of rotatable bonds is 5. The zero-order valence-corrected chi connectivity index (χ0v) is 17.2. The van der Waals surface area contributed by atoms with Crippen LogP contribution in [0.1, 0.15) is 18.4 Å². The summed E-state index contributed by atoms with van der Waals surface area (Å²) in [4.78, 5) is 27.0. The zero-order chi connectivity index (χ0) is 19.7. The molecule has 2 aromatic rings. The van der Waals surface area contributed by atoms with Crippen molar-refractivity contribution in [2.75, 3.05) is 23.9 Å². The number of carbonyl (C=O) groups excluding carboxylic acids is 2. The average Bonchev–Trinajstić information content (AvgIpc) is 3.11. The first kappa shape index (κ1) is 18.8. The molecule has 0 aliphatic carbocycles. The number of anilines is 2. The van der Waals surface area contributed by atoms with Gasteiger partial charge in [0.1, 0.15) is 11.8 Å². The molecule has 4 rings (SSSR count). The van der Waals surface area contributed by atoms with E-state index in [-0.39, 0.29) is 23.9 Å². The number of nitrogens with one attached hydrogen (secondary N) is 2. The van der Waals surface area contributed by atoms with E-state index in [1.54, 1.807) is 7.11 Å². The second-order valence-corrected chi connectivity index (χ2v) is 8.05. The van der Waals surface area contributed by atoms with Crippen molar-refractivity contribution in [3.63, 3.8) is 0 Å². The van der Waals surface area contributed by atoms with Gasteiger partial charge in [0.05, 0.1) is 18.5 Å². The van der Waals surface area contributed by atoms with Crippen LogP contribution in [0, 0.1) is 0 Å². The molecule has 2 N–H and O–H groups in total. The molecule has 146 valence electrons. The van der Waals surface area contributed by atoms with Gasteiger partial charge in [0, 0.05) is 23.5 Å². The second-order valence-electron chi connectivity index (χ2n) is 7.13. The summed E-state index contributed by atoms with van der Waals surface area (Å²) in [5, 5.41) is 6.05. The lowest BCUT2D eigenvalue weighted by Crippen LogP contribution is -2.44. The first-order chi connectivity index (χ1) is 13.5. The molecule has 0 radical (unpaired) electrons. The molecule has 1 fully saturated rings. The Morgan fingerprint density at radius 2 is 2.14 bits per heavy atom. The summed E-state index contributed by atoms with van der Waals surface area (Å²) in [7, 11) is 1.63. The predicted molar refractivity (Wildman–Crippen MR) is 112 cm³/mol. The average molecular weight is 444 g/mol. The molecule has 2 unspecified atom stereocenters. The van der Waals surface area contributed by atoms with E-state index in [1.165, 1.54) is 0 Å². The van der Waals surface area contributed by atoms with E-state index in [0.717, 1.165) is 27.2 Å². The number of aryl methyl sites for hydroxylation is 1. The Kier molecular flexibility index (Phi) is 5.26. The van der Waals surface area contributed by atoms with Crippen molar-refractivity contribution >= 4 is 39.1 Å². The Hall–Kier alpha value is -2.54. The standard InChI is InChI=1S/C21H22BrN3O3/c1-28-19-8-7-14(22)10-13(19)6-9-20(26)23-15-11-18-21(27)24-16-4-2-3-5-17(16)25(18)12-15/h2-5,7-8,10,15,18H,6,9,11-12H2,1H3,(H,23,26)(H,24,27). The molecular formula is C21H22BrN3O3. The number of methoxy groups -OCH3 is 1. The smallest absolute Gasteiger partial charge is 0.247 e. The summed E-state index contributed by atoms with van der Waals surface area (Å²) < 4.78 is 6.33. The van der Waals surface area contributed by atoms with E-state index in [9.17, 15) is 9.59 Å². The van der Waals surface area contributed by atoms with E-state index >= 15 is 0 Å². The van der Waals surface area contributed by atoms with Crippen molar-refractivity contribution in [1.29, 1.82) is 0 Å². The highest BCUT2D eigenvalue weighted by Crippen LogP contribution is 2.36. The van der Waals surface area contributed by atoms with Crippen LogP contribution in [-0.4, -0.2) is 37.6 Å². The molecule has 2 atom stereocenters. The number of hydrogen-bond acceptors (Lipinski definition) is 4. The number of halogens is 1. The van der Waals surface area contributed by atoms with Crippen LogP contribution in [-0.2, 0) is 16.0 Å². The van der Waals surface area contributed by atoms with Crippen molar-refractivity contribution in [2.45, 2.75) is 31.3 Å². The fourth-order valence-electron chi connectivity index (χ4n) is 3.99. The first-order valence-corrected chi connectivity index (χ1v) is 10.1. The summed E-state index contributed by atoms with van der Waals surface area (Å²) in [6, 6.07) is 13.3. The summed E-state index contributed by atoms with van der Waals surface area (Å²) in [5.74, 6) is 0.761. The van der Waals surface area contributed by atoms with E-state index in [4.69, 9.17) is 4.74 Å². The number of benzene rings is 2. The van der Waals surface area contributed by atoms with Gasteiger partial charge in [-0.2, -0.15) is 0 Å². The third-order valence-electron chi connectivity index (χ3n) is 5.30. The molecule has 2 aliphatic rings.